The molecule has 0 bridgehead atoms. The largest absolute Gasteiger partial charge is 0.354 e. The van der Waals surface area contributed by atoms with Crippen LogP contribution in [0, 0.1) is 0 Å². The van der Waals surface area contributed by atoms with Crippen molar-refractivity contribution in [1.29, 1.82) is 0 Å². The Bertz CT molecular complexity index is 662. The Morgan fingerprint density at radius 2 is 2.00 bits per heavy atom. The SMILES string of the molecule is O=C(Cc1csc(-c2cc(Br)cs2)n1)NCCN1CCCCCC1. The van der Waals surface area contributed by atoms with Crippen LogP contribution in [0.2, 0.25) is 0 Å². The quantitative estimate of drug-likeness (QED) is 0.751. The van der Waals surface area contributed by atoms with E-state index < -0.39 is 0 Å². The van der Waals surface area contributed by atoms with Gasteiger partial charge in [-0.25, -0.2) is 4.98 Å². The number of rotatable bonds is 6. The molecule has 1 amide bonds. The van der Waals surface area contributed by atoms with E-state index in [1.807, 2.05) is 10.8 Å². The van der Waals surface area contributed by atoms with E-state index >= 15 is 0 Å². The minimum Gasteiger partial charge on any atom is -0.354 e. The molecule has 24 heavy (non-hydrogen) atoms. The van der Waals surface area contributed by atoms with E-state index in [1.54, 1.807) is 22.7 Å². The van der Waals surface area contributed by atoms with Crippen molar-refractivity contribution in [3.05, 3.63) is 27.0 Å². The molecule has 0 saturated carbocycles. The molecule has 7 heteroatoms. The highest BCUT2D eigenvalue weighted by Gasteiger charge is 2.12. The van der Waals surface area contributed by atoms with E-state index in [4.69, 9.17) is 0 Å². The Morgan fingerprint density at radius 1 is 1.21 bits per heavy atom. The summed E-state index contributed by atoms with van der Waals surface area (Å²) in [6.07, 6.45) is 5.62. The van der Waals surface area contributed by atoms with Gasteiger partial charge < -0.3 is 10.2 Å². The van der Waals surface area contributed by atoms with Crippen molar-refractivity contribution in [3.63, 3.8) is 0 Å². The number of thiophene rings is 1. The third-order valence-corrected chi connectivity index (χ3v) is 6.87. The summed E-state index contributed by atoms with van der Waals surface area (Å²) in [6.45, 7) is 4.02. The molecule has 0 radical (unpaired) electrons. The highest BCUT2D eigenvalue weighted by Crippen LogP contribution is 2.32. The van der Waals surface area contributed by atoms with Crippen LogP contribution in [0.25, 0.3) is 9.88 Å². The maximum absolute atomic E-state index is 12.1. The molecular weight excluding hydrogens is 406 g/mol. The van der Waals surface area contributed by atoms with Crippen LogP contribution in [0.1, 0.15) is 31.4 Å². The predicted octanol–water partition coefficient (Wildman–Crippen LogP) is 4.17. The normalized spacial score (nSPS) is 16.0. The average molecular weight is 428 g/mol. The number of hydrogen-bond acceptors (Lipinski definition) is 5. The van der Waals surface area contributed by atoms with Crippen LogP contribution in [-0.4, -0.2) is 42.0 Å². The molecule has 0 unspecified atom stereocenters. The van der Waals surface area contributed by atoms with E-state index in [1.165, 1.54) is 38.8 Å². The van der Waals surface area contributed by atoms with Crippen molar-refractivity contribution in [3.8, 4) is 9.88 Å². The first-order chi connectivity index (χ1) is 11.7. The third-order valence-electron chi connectivity index (χ3n) is 4.12. The summed E-state index contributed by atoms with van der Waals surface area (Å²) in [5, 5.41) is 8.05. The highest BCUT2D eigenvalue weighted by molar-refractivity contribution is 9.10. The van der Waals surface area contributed by atoms with E-state index in [0.717, 1.165) is 33.1 Å². The highest BCUT2D eigenvalue weighted by atomic mass is 79.9. The second-order valence-electron chi connectivity index (χ2n) is 6.06. The van der Waals surface area contributed by atoms with Gasteiger partial charge in [-0.05, 0) is 47.9 Å². The molecule has 0 atom stereocenters. The number of aromatic nitrogens is 1. The van der Waals surface area contributed by atoms with Crippen molar-refractivity contribution in [2.45, 2.75) is 32.1 Å². The minimum atomic E-state index is 0.0639. The van der Waals surface area contributed by atoms with Crippen LogP contribution in [0.5, 0.6) is 0 Å². The lowest BCUT2D eigenvalue weighted by Gasteiger charge is -2.19. The van der Waals surface area contributed by atoms with Crippen molar-refractivity contribution in [2.75, 3.05) is 26.2 Å². The number of carbonyl (C=O) groups excluding carboxylic acids is 1. The van der Waals surface area contributed by atoms with Gasteiger partial charge in [0.15, 0.2) is 0 Å². The van der Waals surface area contributed by atoms with Crippen LogP contribution in [0.3, 0.4) is 0 Å². The summed E-state index contributed by atoms with van der Waals surface area (Å²) in [6, 6.07) is 2.06. The van der Waals surface area contributed by atoms with Crippen LogP contribution in [0.4, 0.5) is 0 Å². The molecule has 0 spiro atoms. The lowest BCUT2D eigenvalue weighted by molar-refractivity contribution is -0.120. The van der Waals surface area contributed by atoms with E-state index in [2.05, 4.69) is 37.2 Å². The smallest absolute Gasteiger partial charge is 0.226 e. The fourth-order valence-electron chi connectivity index (χ4n) is 2.87. The number of carbonyl (C=O) groups is 1. The Labute approximate surface area is 159 Å². The lowest BCUT2D eigenvalue weighted by Crippen LogP contribution is -2.36. The number of halogens is 1. The summed E-state index contributed by atoms with van der Waals surface area (Å²) in [5.41, 5.74) is 0.854. The first-order valence-electron chi connectivity index (χ1n) is 8.38. The average Bonchev–Trinajstić information content (AvgIpc) is 3.10. The predicted molar refractivity (Wildman–Crippen MR) is 105 cm³/mol. The molecule has 4 nitrogen and oxygen atoms in total. The molecule has 0 aliphatic carbocycles. The van der Waals surface area contributed by atoms with Crippen LogP contribution in [-0.2, 0) is 11.2 Å². The van der Waals surface area contributed by atoms with Gasteiger partial charge in [-0.1, -0.05) is 12.8 Å². The maximum Gasteiger partial charge on any atom is 0.226 e. The molecule has 1 fully saturated rings. The van der Waals surface area contributed by atoms with Crippen molar-refractivity contribution >= 4 is 44.5 Å². The molecule has 3 rings (SSSR count). The van der Waals surface area contributed by atoms with Crippen molar-refractivity contribution in [1.82, 2.24) is 15.2 Å². The summed E-state index contributed by atoms with van der Waals surface area (Å²) in [4.78, 5) is 20.3. The summed E-state index contributed by atoms with van der Waals surface area (Å²) in [7, 11) is 0. The number of nitrogens with zero attached hydrogens (tertiary/aromatic N) is 2. The van der Waals surface area contributed by atoms with E-state index in [0.29, 0.717) is 6.42 Å². The zero-order valence-electron chi connectivity index (χ0n) is 13.6. The number of amides is 1. The van der Waals surface area contributed by atoms with Gasteiger partial charge in [0.25, 0.3) is 0 Å². The first kappa shape index (κ1) is 18.0. The zero-order chi connectivity index (χ0) is 16.8. The second kappa shape index (κ2) is 9.08. The molecule has 2 aromatic heterocycles. The van der Waals surface area contributed by atoms with Crippen LogP contribution >= 0.6 is 38.6 Å². The van der Waals surface area contributed by atoms with Crippen LogP contribution in [0.15, 0.2) is 21.3 Å². The Morgan fingerprint density at radius 3 is 2.71 bits per heavy atom. The van der Waals surface area contributed by atoms with Gasteiger partial charge in [-0.2, -0.15) is 0 Å². The van der Waals surface area contributed by atoms with Gasteiger partial charge >= 0.3 is 0 Å². The Hall–Kier alpha value is -0.760. The van der Waals surface area contributed by atoms with Gasteiger partial charge in [0.2, 0.25) is 5.91 Å². The lowest BCUT2D eigenvalue weighted by atomic mass is 10.2. The molecule has 1 aliphatic rings. The van der Waals surface area contributed by atoms with Gasteiger partial charge in [0.05, 0.1) is 17.0 Å². The monoisotopic (exact) mass is 427 g/mol. The zero-order valence-corrected chi connectivity index (χ0v) is 16.8. The van der Waals surface area contributed by atoms with Gasteiger partial charge in [0, 0.05) is 28.3 Å². The molecule has 1 N–H and O–H groups in total. The van der Waals surface area contributed by atoms with E-state index in [9.17, 15) is 4.79 Å². The summed E-state index contributed by atoms with van der Waals surface area (Å²) < 4.78 is 1.07. The van der Waals surface area contributed by atoms with Gasteiger partial charge in [-0.15, -0.1) is 22.7 Å². The number of hydrogen-bond donors (Lipinski definition) is 1. The summed E-state index contributed by atoms with van der Waals surface area (Å²) >= 11 is 6.72. The first-order valence-corrected chi connectivity index (χ1v) is 10.9. The fourth-order valence-corrected chi connectivity index (χ4v) is 5.19. The van der Waals surface area contributed by atoms with Gasteiger partial charge in [0.1, 0.15) is 5.01 Å². The van der Waals surface area contributed by atoms with Crippen LogP contribution < -0.4 is 5.32 Å². The maximum atomic E-state index is 12.1. The molecule has 2 aromatic rings. The number of likely N-dealkylation sites (tertiary alicyclic amines) is 1. The fraction of sp³-hybridized carbons (Fsp3) is 0.529. The van der Waals surface area contributed by atoms with Crippen molar-refractivity contribution in [2.24, 2.45) is 0 Å². The number of thiazole rings is 1. The third kappa shape index (κ3) is 5.37. The molecule has 1 saturated heterocycles. The van der Waals surface area contributed by atoms with Gasteiger partial charge in [-0.3, -0.25) is 4.79 Å². The minimum absolute atomic E-state index is 0.0639. The van der Waals surface area contributed by atoms with E-state index in [-0.39, 0.29) is 5.91 Å². The number of nitrogens with one attached hydrogen (secondary N) is 1. The second-order valence-corrected chi connectivity index (χ2v) is 8.74. The Kier molecular flexibility index (Phi) is 6.83. The molecular formula is C17H22BrN3OS2. The molecule has 0 aromatic carbocycles. The summed E-state index contributed by atoms with van der Waals surface area (Å²) in [5.74, 6) is 0.0639. The molecule has 3 heterocycles. The molecule has 130 valence electrons. The molecule has 1 aliphatic heterocycles. The Balaban J connectivity index is 1.42. The topological polar surface area (TPSA) is 45.2 Å². The standard InChI is InChI=1S/C17H22BrN3OS2/c18-13-9-15(23-11-13)17-20-14(12-24-17)10-16(22)19-5-8-21-6-3-1-2-4-7-21/h9,11-12H,1-8,10H2,(H,19,22). The van der Waals surface area contributed by atoms with Crippen molar-refractivity contribution < 1.29 is 4.79 Å².